The van der Waals surface area contributed by atoms with Crippen molar-refractivity contribution in [1.29, 1.82) is 0 Å². The number of carbonyl (C=O) groups excluding carboxylic acids is 1. The van der Waals surface area contributed by atoms with E-state index in [-0.39, 0.29) is 18.5 Å². The molecule has 0 radical (unpaired) electrons. The highest BCUT2D eigenvalue weighted by Gasteiger charge is 2.26. The minimum absolute atomic E-state index is 0.0408. The fourth-order valence-corrected chi connectivity index (χ4v) is 4.36. The molecule has 7 nitrogen and oxygen atoms in total. The quantitative estimate of drug-likeness (QED) is 0.649. The third kappa shape index (κ3) is 4.70. The SMILES string of the molecule is O=C1CCC(CN2CCCN(c3nc4ccccc4s3)CC2)O1.O=CO. The Balaban J connectivity index is 0.000000613. The van der Waals surface area contributed by atoms with E-state index in [1.54, 1.807) is 11.3 Å². The van der Waals surface area contributed by atoms with E-state index in [0.29, 0.717) is 6.42 Å². The van der Waals surface area contributed by atoms with E-state index in [2.05, 4.69) is 28.0 Å². The highest BCUT2D eigenvalue weighted by molar-refractivity contribution is 7.22. The summed E-state index contributed by atoms with van der Waals surface area (Å²) in [5.74, 6) is -0.0408. The monoisotopic (exact) mass is 377 g/mol. The van der Waals surface area contributed by atoms with Gasteiger partial charge in [-0.05, 0) is 25.0 Å². The van der Waals surface area contributed by atoms with Crippen LogP contribution in [0.4, 0.5) is 5.13 Å². The number of esters is 1. The number of benzene rings is 1. The maximum atomic E-state index is 11.2. The van der Waals surface area contributed by atoms with E-state index in [0.717, 1.165) is 56.2 Å². The van der Waals surface area contributed by atoms with Crippen molar-refractivity contribution < 1.29 is 19.4 Å². The molecule has 0 saturated carbocycles. The van der Waals surface area contributed by atoms with Crippen molar-refractivity contribution in [3.8, 4) is 0 Å². The van der Waals surface area contributed by atoms with E-state index < -0.39 is 0 Å². The van der Waals surface area contributed by atoms with Crippen LogP contribution < -0.4 is 4.90 Å². The number of aromatic nitrogens is 1. The second kappa shape index (κ2) is 8.95. The van der Waals surface area contributed by atoms with Crippen LogP contribution >= 0.6 is 11.3 Å². The predicted molar refractivity (Wildman–Crippen MR) is 101 cm³/mol. The summed E-state index contributed by atoms with van der Waals surface area (Å²) in [6.07, 6.45) is 2.67. The number of anilines is 1. The maximum Gasteiger partial charge on any atom is 0.306 e. The molecule has 26 heavy (non-hydrogen) atoms. The number of carboxylic acid groups (broad SMARTS) is 1. The average molecular weight is 377 g/mol. The molecule has 2 aromatic rings. The fraction of sp³-hybridized carbons (Fsp3) is 0.500. The molecular formula is C18H23N3O4S. The van der Waals surface area contributed by atoms with Gasteiger partial charge in [0.2, 0.25) is 0 Å². The van der Waals surface area contributed by atoms with Gasteiger partial charge in [-0.15, -0.1) is 0 Å². The molecule has 8 heteroatoms. The topological polar surface area (TPSA) is 83.0 Å². The Labute approximate surface area is 156 Å². The Morgan fingerprint density at radius 1 is 1.27 bits per heavy atom. The Morgan fingerprint density at radius 2 is 2.08 bits per heavy atom. The highest BCUT2D eigenvalue weighted by Crippen LogP contribution is 2.29. The van der Waals surface area contributed by atoms with Gasteiger partial charge in [-0.3, -0.25) is 14.5 Å². The van der Waals surface area contributed by atoms with Gasteiger partial charge in [-0.1, -0.05) is 23.5 Å². The molecule has 1 N–H and O–H groups in total. The van der Waals surface area contributed by atoms with Crippen LogP contribution in [0.2, 0.25) is 0 Å². The highest BCUT2D eigenvalue weighted by atomic mass is 32.1. The molecule has 1 aromatic carbocycles. The van der Waals surface area contributed by atoms with Crippen LogP contribution in [0.1, 0.15) is 19.3 Å². The molecule has 2 aliphatic heterocycles. The van der Waals surface area contributed by atoms with Gasteiger partial charge in [-0.2, -0.15) is 0 Å². The van der Waals surface area contributed by atoms with Gasteiger partial charge in [0.15, 0.2) is 5.13 Å². The van der Waals surface area contributed by atoms with Crippen molar-refractivity contribution in [2.24, 2.45) is 0 Å². The molecule has 1 atom stereocenters. The molecule has 0 spiro atoms. The third-order valence-electron chi connectivity index (χ3n) is 4.57. The molecule has 4 rings (SSSR count). The van der Waals surface area contributed by atoms with Crippen molar-refractivity contribution in [3.63, 3.8) is 0 Å². The van der Waals surface area contributed by atoms with E-state index in [1.165, 1.54) is 4.70 Å². The van der Waals surface area contributed by atoms with Gasteiger partial charge in [-0.25, -0.2) is 4.98 Å². The molecule has 0 amide bonds. The molecule has 1 aromatic heterocycles. The summed E-state index contributed by atoms with van der Waals surface area (Å²) in [4.78, 5) is 29.2. The summed E-state index contributed by atoms with van der Waals surface area (Å²) in [5.41, 5.74) is 1.09. The summed E-state index contributed by atoms with van der Waals surface area (Å²) in [6.45, 7) is 4.72. The molecule has 2 fully saturated rings. The summed E-state index contributed by atoms with van der Waals surface area (Å²) >= 11 is 1.77. The number of ether oxygens (including phenoxy) is 1. The lowest BCUT2D eigenvalue weighted by molar-refractivity contribution is -0.142. The number of hydrogen-bond donors (Lipinski definition) is 1. The zero-order valence-corrected chi connectivity index (χ0v) is 15.4. The van der Waals surface area contributed by atoms with Gasteiger partial charge >= 0.3 is 5.97 Å². The number of cyclic esters (lactones) is 1. The number of thiazole rings is 1. The van der Waals surface area contributed by atoms with Crippen LogP contribution in [0, 0.1) is 0 Å². The van der Waals surface area contributed by atoms with Crippen LogP contribution in [0.3, 0.4) is 0 Å². The van der Waals surface area contributed by atoms with E-state index in [4.69, 9.17) is 19.6 Å². The summed E-state index contributed by atoms with van der Waals surface area (Å²) in [5, 5.41) is 8.01. The predicted octanol–water partition coefficient (Wildman–Crippen LogP) is 2.21. The first-order valence-electron chi connectivity index (χ1n) is 8.80. The van der Waals surface area contributed by atoms with Crippen molar-refractivity contribution in [3.05, 3.63) is 24.3 Å². The summed E-state index contributed by atoms with van der Waals surface area (Å²) < 4.78 is 6.60. The molecule has 0 bridgehead atoms. The molecule has 2 saturated heterocycles. The third-order valence-corrected chi connectivity index (χ3v) is 5.67. The van der Waals surface area contributed by atoms with Crippen molar-refractivity contribution in [1.82, 2.24) is 9.88 Å². The number of hydrogen-bond acceptors (Lipinski definition) is 7. The first-order valence-corrected chi connectivity index (χ1v) is 9.61. The van der Waals surface area contributed by atoms with Gasteiger partial charge < -0.3 is 14.7 Å². The van der Waals surface area contributed by atoms with Crippen molar-refractivity contribution >= 4 is 39.1 Å². The number of para-hydroxylation sites is 1. The lowest BCUT2D eigenvalue weighted by Gasteiger charge is -2.23. The zero-order valence-electron chi connectivity index (χ0n) is 14.5. The number of rotatable bonds is 3. The maximum absolute atomic E-state index is 11.2. The standard InChI is InChI=1S/C17H21N3O2S.CH2O2/c21-16-7-6-13(22-16)12-19-8-3-9-20(11-10-19)17-18-14-4-1-2-5-15(14)23-17;2-1-3/h1-2,4-5,13H,3,6-12H2;1H,(H,2,3). The van der Waals surface area contributed by atoms with Crippen LogP contribution in [-0.4, -0.2) is 66.3 Å². The smallest absolute Gasteiger partial charge is 0.306 e. The fourth-order valence-electron chi connectivity index (χ4n) is 3.34. The Morgan fingerprint density at radius 3 is 2.81 bits per heavy atom. The van der Waals surface area contributed by atoms with Gasteiger partial charge in [0, 0.05) is 39.1 Å². The first kappa shape index (κ1) is 18.6. The Bertz CT molecular complexity index is 718. The average Bonchev–Trinajstić information content (AvgIpc) is 3.16. The molecule has 140 valence electrons. The van der Waals surface area contributed by atoms with Crippen LogP contribution in [0.5, 0.6) is 0 Å². The molecule has 0 aliphatic carbocycles. The minimum atomic E-state index is -0.250. The number of carbonyl (C=O) groups is 2. The lowest BCUT2D eigenvalue weighted by Crippen LogP contribution is -2.35. The zero-order chi connectivity index (χ0) is 18.4. The van der Waals surface area contributed by atoms with Crippen LogP contribution in [0.25, 0.3) is 10.2 Å². The van der Waals surface area contributed by atoms with E-state index in [1.807, 2.05) is 6.07 Å². The van der Waals surface area contributed by atoms with E-state index in [9.17, 15) is 4.79 Å². The first-order chi connectivity index (χ1) is 12.7. The van der Waals surface area contributed by atoms with Crippen LogP contribution in [0.15, 0.2) is 24.3 Å². The molecule has 1 unspecified atom stereocenters. The molecule has 3 heterocycles. The van der Waals surface area contributed by atoms with Gasteiger partial charge in [0.05, 0.1) is 10.2 Å². The number of nitrogens with zero attached hydrogens (tertiary/aromatic N) is 3. The Hall–Kier alpha value is -2.19. The summed E-state index contributed by atoms with van der Waals surface area (Å²) in [6, 6.07) is 8.32. The molecular weight excluding hydrogens is 354 g/mol. The lowest BCUT2D eigenvalue weighted by atomic mass is 10.2. The van der Waals surface area contributed by atoms with Crippen molar-refractivity contribution in [2.75, 3.05) is 37.6 Å². The normalized spacial score (nSPS) is 21.0. The summed E-state index contributed by atoms with van der Waals surface area (Å²) in [7, 11) is 0. The molecule has 2 aliphatic rings. The van der Waals surface area contributed by atoms with E-state index >= 15 is 0 Å². The minimum Gasteiger partial charge on any atom is -0.483 e. The largest absolute Gasteiger partial charge is 0.483 e. The Kier molecular flexibility index (Phi) is 6.40. The van der Waals surface area contributed by atoms with Crippen molar-refractivity contribution in [2.45, 2.75) is 25.4 Å². The van der Waals surface area contributed by atoms with Gasteiger partial charge in [0.25, 0.3) is 6.47 Å². The second-order valence-corrected chi connectivity index (χ2v) is 7.37. The van der Waals surface area contributed by atoms with Gasteiger partial charge in [0.1, 0.15) is 6.10 Å². The van der Waals surface area contributed by atoms with Crippen LogP contribution in [-0.2, 0) is 14.3 Å². The second-order valence-electron chi connectivity index (χ2n) is 6.36. The number of fused-ring (bicyclic) bond motifs is 1.